The molecule has 7 heteroatoms. The van der Waals surface area contributed by atoms with Gasteiger partial charge in [0.15, 0.2) is 5.96 Å². The van der Waals surface area contributed by atoms with E-state index in [4.69, 9.17) is 4.74 Å². The number of carbonyl (C=O) groups is 1. The molecule has 2 aromatic carbocycles. The Morgan fingerprint density at radius 1 is 1.09 bits per heavy atom. The molecule has 0 aliphatic carbocycles. The van der Waals surface area contributed by atoms with Gasteiger partial charge in [0, 0.05) is 51.3 Å². The summed E-state index contributed by atoms with van der Waals surface area (Å²) in [7, 11) is 1.80. The lowest BCUT2D eigenvalue weighted by Gasteiger charge is -2.32. The van der Waals surface area contributed by atoms with Crippen molar-refractivity contribution in [1.29, 1.82) is 0 Å². The van der Waals surface area contributed by atoms with E-state index in [2.05, 4.69) is 52.0 Å². The van der Waals surface area contributed by atoms with E-state index in [1.54, 1.807) is 7.05 Å². The van der Waals surface area contributed by atoms with Gasteiger partial charge in [0.25, 0.3) is 0 Å². The fourth-order valence-corrected chi connectivity index (χ4v) is 4.41. The molecule has 0 saturated carbocycles. The highest BCUT2D eigenvalue weighted by molar-refractivity contribution is 14.0. The number of amides is 1. The van der Waals surface area contributed by atoms with Gasteiger partial charge in [-0.05, 0) is 42.5 Å². The minimum Gasteiger partial charge on any atom is -0.373 e. The molecule has 2 aliphatic rings. The molecule has 32 heavy (non-hydrogen) atoms. The molecule has 1 amide bonds. The van der Waals surface area contributed by atoms with Crippen LogP contribution in [0.5, 0.6) is 0 Å². The molecule has 2 saturated heterocycles. The zero-order chi connectivity index (χ0) is 21.5. The Hall–Kier alpha value is -2.13. The lowest BCUT2D eigenvalue weighted by atomic mass is 9.89. The van der Waals surface area contributed by atoms with Crippen molar-refractivity contribution in [2.24, 2.45) is 10.9 Å². The summed E-state index contributed by atoms with van der Waals surface area (Å²) >= 11 is 0. The molecule has 2 N–H and O–H groups in total. The monoisotopic (exact) mass is 548 g/mol. The Morgan fingerprint density at radius 3 is 2.56 bits per heavy atom. The molecule has 6 nitrogen and oxygen atoms in total. The average molecular weight is 548 g/mol. The third-order valence-corrected chi connectivity index (χ3v) is 6.11. The Kier molecular flexibility index (Phi) is 9.35. The van der Waals surface area contributed by atoms with Crippen molar-refractivity contribution in [3.8, 4) is 0 Å². The van der Waals surface area contributed by atoms with Crippen LogP contribution >= 0.6 is 24.0 Å². The second kappa shape index (κ2) is 12.2. The van der Waals surface area contributed by atoms with Gasteiger partial charge in [-0.2, -0.15) is 0 Å². The molecule has 2 aromatic rings. The first kappa shape index (κ1) is 24.5. The zero-order valence-corrected chi connectivity index (χ0v) is 21.0. The van der Waals surface area contributed by atoms with E-state index < -0.39 is 0 Å². The predicted octanol–water partition coefficient (Wildman–Crippen LogP) is 4.26. The van der Waals surface area contributed by atoms with Crippen LogP contribution in [0.3, 0.4) is 0 Å². The Morgan fingerprint density at radius 2 is 1.88 bits per heavy atom. The van der Waals surface area contributed by atoms with Crippen molar-refractivity contribution >= 4 is 41.5 Å². The molecule has 2 fully saturated rings. The van der Waals surface area contributed by atoms with Crippen LogP contribution in [0.25, 0.3) is 0 Å². The third-order valence-electron chi connectivity index (χ3n) is 6.11. The molecular formula is C25H33IN4O2. The molecule has 2 aliphatic heterocycles. The number of nitrogens with one attached hydrogen (secondary N) is 2. The van der Waals surface area contributed by atoms with Gasteiger partial charge in [-0.25, -0.2) is 0 Å². The normalized spacial score (nSPS) is 21.2. The van der Waals surface area contributed by atoms with Crippen LogP contribution in [0.2, 0.25) is 0 Å². The van der Waals surface area contributed by atoms with Crippen LogP contribution in [0, 0.1) is 5.92 Å². The number of rotatable bonds is 6. The van der Waals surface area contributed by atoms with Gasteiger partial charge >= 0.3 is 0 Å². The van der Waals surface area contributed by atoms with Crippen LogP contribution in [-0.2, 0) is 16.1 Å². The van der Waals surface area contributed by atoms with Crippen molar-refractivity contribution in [2.45, 2.75) is 38.3 Å². The van der Waals surface area contributed by atoms with E-state index in [0.717, 1.165) is 56.2 Å². The summed E-state index contributed by atoms with van der Waals surface area (Å²) in [6, 6.07) is 18.7. The van der Waals surface area contributed by atoms with Crippen LogP contribution in [0.1, 0.15) is 42.9 Å². The number of aliphatic imine (C=N–C) groups is 1. The molecule has 172 valence electrons. The zero-order valence-electron chi connectivity index (χ0n) is 18.6. The van der Waals surface area contributed by atoms with Crippen molar-refractivity contribution in [3.05, 3.63) is 65.7 Å². The summed E-state index contributed by atoms with van der Waals surface area (Å²) in [6.45, 7) is 3.14. The number of ether oxygens (including phenoxy) is 1. The van der Waals surface area contributed by atoms with Gasteiger partial charge in [0.05, 0.1) is 6.10 Å². The lowest BCUT2D eigenvalue weighted by Crippen LogP contribution is -2.41. The smallest absolute Gasteiger partial charge is 0.227 e. The third kappa shape index (κ3) is 6.22. The van der Waals surface area contributed by atoms with Gasteiger partial charge in [-0.15, -0.1) is 24.0 Å². The standard InChI is InChI=1S/C25H32N4O2.HI/c1-26-25(27-17-19-11-13-22(14-12-19)29-15-5-10-23(29)30)28-18-21-9-6-16-31-24(21)20-7-3-2-4-8-20;/h2-4,7-8,11-14,21,24H,5-6,9-10,15-18H2,1H3,(H2,26,27,28);1H. The Labute approximate surface area is 207 Å². The van der Waals surface area contributed by atoms with Crippen molar-refractivity contribution < 1.29 is 9.53 Å². The maximum Gasteiger partial charge on any atom is 0.227 e. The molecule has 0 bridgehead atoms. The number of nitrogens with zero attached hydrogens (tertiary/aromatic N) is 2. The second-order valence-electron chi connectivity index (χ2n) is 8.23. The summed E-state index contributed by atoms with van der Waals surface area (Å²) in [4.78, 5) is 18.2. The highest BCUT2D eigenvalue weighted by atomic mass is 127. The first-order valence-corrected chi connectivity index (χ1v) is 11.2. The first-order valence-electron chi connectivity index (χ1n) is 11.2. The molecular weight excluding hydrogens is 515 g/mol. The second-order valence-corrected chi connectivity index (χ2v) is 8.23. The highest BCUT2D eigenvalue weighted by Crippen LogP contribution is 2.33. The summed E-state index contributed by atoms with van der Waals surface area (Å²) in [5.41, 5.74) is 3.38. The SMILES string of the molecule is CN=C(NCc1ccc(N2CCCC2=O)cc1)NCC1CCCOC1c1ccccc1.I. The predicted molar refractivity (Wildman–Crippen MR) is 140 cm³/mol. The Balaban J connectivity index is 0.00000289. The minimum atomic E-state index is 0. The van der Waals surface area contributed by atoms with Crippen molar-refractivity contribution in [3.63, 3.8) is 0 Å². The largest absolute Gasteiger partial charge is 0.373 e. The number of anilines is 1. The van der Waals surface area contributed by atoms with Crippen molar-refractivity contribution in [2.75, 3.05) is 31.6 Å². The number of halogens is 1. The van der Waals surface area contributed by atoms with E-state index in [0.29, 0.717) is 18.9 Å². The average Bonchev–Trinajstić information content (AvgIpc) is 3.26. The maximum absolute atomic E-state index is 11.9. The van der Waals surface area contributed by atoms with E-state index in [-0.39, 0.29) is 36.0 Å². The number of hydrogen-bond acceptors (Lipinski definition) is 3. The first-order chi connectivity index (χ1) is 15.2. The van der Waals surface area contributed by atoms with Crippen LogP contribution in [0.4, 0.5) is 5.69 Å². The maximum atomic E-state index is 11.9. The number of carbonyl (C=O) groups excluding carboxylic acids is 1. The molecule has 2 unspecified atom stereocenters. The molecule has 0 spiro atoms. The fourth-order valence-electron chi connectivity index (χ4n) is 4.41. The van der Waals surface area contributed by atoms with Gasteiger partial charge < -0.3 is 20.3 Å². The van der Waals surface area contributed by atoms with E-state index in [1.807, 2.05) is 23.1 Å². The van der Waals surface area contributed by atoms with Crippen LogP contribution < -0.4 is 15.5 Å². The minimum absolute atomic E-state index is 0. The number of benzene rings is 2. The molecule has 2 atom stereocenters. The molecule has 0 aromatic heterocycles. The van der Waals surface area contributed by atoms with Crippen molar-refractivity contribution in [1.82, 2.24) is 10.6 Å². The molecule has 0 radical (unpaired) electrons. The molecule has 4 rings (SSSR count). The quantitative estimate of drug-likeness (QED) is 0.322. The lowest BCUT2D eigenvalue weighted by molar-refractivity contribution is -0.117. The van der Waals surface area contributed by atoms with E-state index >= 15 is 0 Å². The van der Waals surface area contributed by atoms with Crippen LogP contribution in [-0.4, -0.2) is 38.6 Å². The van der Waals surface area contributed by atoms with Gasteiger partial charge in [-0.1, -0.05) is 42.5 Å². The topological polar surface area (TPSA) is 66.0 Å². The van der Waals surface area contributed by atoms with Gasteiger partial charge in [-0.3, -0.25) is 9.79 Å². The van der Waals surface area contributed by atoms with Gasteiger partial charge in [0.1, 0.15) is 0 Å². The van der Waals surface area contributed by atoms with E-state index in [1.165, 1.54) is 5.56 Å². The van der Waals surface area contributed by atoms with E-state index in [9.17, 15) is 4.79 Å². The fraction of sp³-hybridized carbons (Fsp3) is 0.440. The highest BCUT2D eigenvalue weighted by Gasteiger charge is 2.27. The Bertz CT molecular complexity index is 889. The summed E-state index contributed by atoms with van der Waals surface area (Å²) in [6.07, 6.45) is 3.96. The summed E-state index contributed by atoms with van der Waals surface area (Å²) in [5, 5.41) is 6.87. The number of hydrogen-bond donors (Lipinski definition) is 2. The van der Waals surface area contributed by atoms with Gasteiger partial charge in [0.2, 0.25) is 5.91 Å². The number of guanidine groups is 1. The molecule has 2 heterocycles. The summed E-state index contributed by atoms with van der Waals surface area (Å²) < 4.78 is 6.10. The summed E-state index contributed by atoms with van der Waals surface area (Å²) in [5.74, 6) is 1.42. The van der Waals surface area contributed by atoms with Crippen LogP contribution in [0.15, 0.2) is 59.6 Å².